The lowest BCUT2D eigenvalue weighted by Gasteiger charge is -2.10. The Morgan fingerprint density at radius 2 is 1.93 bits per heavy atom. The molecule has 1 rings (SSSR count). The van der Waals surface area contributed by atoms with Gasteiger partial charge in [0, 0.05) is 12.2 Å². The van der Waals surface area contributed by atoms with E-state index in [4.69, 9.17) is 0 Å². The number of ketones is 1. The van der Waals surface area contributed by atoms with Crippen LogP contribution in [0.2, 0.25) is 0 Å². The SMILES string of the molecule is Cc1ccc([C@@H](C)CC(=O)CS)cc1. The predicted octanol–water partition coefficient (Wildman–Crippen LogP) is 2.99. The molecule has 0 radical (unpaired) electrons. The van der Waals surface area contributed by atoms with Gasteiger partial charge in [0.05, 0.1) is 0 Å². The highest BCUT2D eigenvalue weighted by Gasteiger charge is 2.09. The Labute approximate surface area is 90.9 Å². The number of carbonyl (C=O) groups excluding carboxylic acids is 1. The number of hydrogen-bond donors (Lipinski definition) is 1. The van der Waals surface area contributed by atoms with Crippen molar-refractivity contribution in [1.29, 1.82) is 0 Å². The summed E-state index contributed by atoms with van der Waals surface area (Å²) in [4.78, 5) is 11.2. The van der Waals surface area contributed by atoms with Crippen molar-refractivity contribution in [2.24, 2.45) is 0 Å². The maximum absolute atomic E-state index is 11.2. The maximum Gasteiger partial charge on any atom is 0.143 e. The zero-order valence-corrected chi connectivity index (χ0v) is 9.55. The first kappa shape index (κ1) is 11.3. The monoisotopic (exact) mass is 208 g/mol. The Balaban J connectivity index is 2.65. The van der Waals surface area contributed by atoms with E-state index in [0.717, 1.165) is 0 Å². The molecule has 0 aliphatic carbocycles. The molecule has 0 amide bonds. The normalized spacial score (nSPS) is 12.5. The number of rotatable bonds is 4. The Morgan fingerprint density at radius 3 is 2.43 bits per heavy atom. The van der Waals surface area contributed by atoms with E-state index in [-0.39, 0.29) is 5.78 Å². The van der Waals surface area contributed by atoms with Crippen molar-refractivity contribution in [2.75, 3.05) is 5.75 Å². The Hall–Kier alpha value is -0.760. The first-order valence-corrected chi connectivity index (χ1v) is 5.46. The third-order valence-electron chi connectivity index (χ3n) is 2.36. The molecule has 0 spiro atoms. The second-order valence-electron chi connectivity index (χ2n) is 3.71. The minimum absolute atomic E-state index is 0.210. The molecule has 2 heteroatoms. The van der Waals surface area contributed by atoms with Crippen molar-refractivity contribution >= 4 is 18.4 Å². The van der Waals surface area contributed by atoms with E-state index in [1.165, 1.54) is 11.1 Å². The van der Waals surface area contributed by atoms with Crippen molar-refractivity contribution in [3.8, 4) is 0 Å². The number of Topliss-reactive ketones (excluding diaryl/α,β-unsaturated/α-hetero) is 1. The lowest BCUT2D eigenvalue weighted by molar-refractivity contribution is -0.116. The lowest BCUT2D eigenvalue weighted by atomic mass is 9.95. The van der Waals surface area contributed by atoms with Gasteiger partial charge in [0.1, 0.15) is 5.78 Å². The van der Waals surface area contributed by atoms with Crippen LogP contribution in [0.5, 0.6) is 0 Å². The molecule has 0 saturated heterocycles. The van der Waals surface area contributed by atoms with Crippen LogP contribution in [0, 0.1) is 6.92 Å². The van der Waals surface area contributed by atoms with Crippen LogP contribution >= 0.6 is 12.6 Å². The quantitative estimate of drug-likeness (QED) is 0.753. The van der Waals surface area contributed by atoms with Gasteiger partial charge < -0.3 is 0 Å². The molecule has 1 aromatic carbocycles. The molecular formula is C12H16OS. The summed E-state index contributed by atoms with van der Waals surface area (Å²) < 4.78 is 0. The molecule has 0 unspecified atom stereocenters. The van der Waals surface area contributed by atoms with E-state index >= 15 is 0 Å². The van der Waals surface area contributed by atoms with Crippen molar-refractivity contribution in [3.05, 3.63) is 35.4 Å². The van der Waals surface area contributed by atoms with Gasteiger partial charge in [0.15, 0.2) is 0 Å². The molecule has 0 aromatic heterocycles. The number of carbonyl (C=O) groups is 1. The van der Waals surface area contributed by atoms with Crippen molar-refractivity contribution in [3.63, 3.8) is 0 Å². The highest BCUT2D eigenvalue weighted by molar-refractivity contribution is 7.81. The fourth-order valence-corrected chi connectivity index (χ4v) is 1.55. The van der Waals surface area contributed by atoms with Gasteiger partial charge in [-0.25, -0.2) is 0 Å². The van der Waals surface area contributed by atoms with Crippen molar-refractivity contribution in [2.45, 2.75) is 26.2 Å². The van der Waals surface area contributed by atoms with E-state index in [9.17, 15) is 4.79 Å². The standard InChI is InChI=1S/C12H16OS/c1-9-3-5-11(6-4-9)10(2)7-12(13)8-14/h3-6,10,14H,7-8H2,1-2H3/t10-/m0/s1. The second-order valence-corrected chi connectivity index (χ2v) is 4.03. The molecule has 1 nitrogen and oxygen atoms in total. The average molecular weight is 208 g/mol. The van der Waals surface area contributed by atoms with Gasteiger partial charge in [-0.05, 0) is 18.4 Å². The molecular weight excluding hydrogens is 192 g/mol. The predicted molar refractivity (Wildman–Crippen MR) is 63.1 cm³/mol. The van der Waals surface area contributed by atoms with Gasteiger partial charge in [0.25, 0.3) is 0 Å². The van der Waals surface area contributed by atoms with Gasteiger partial charge in [-0.2, -0.15) is 12.6 Å². The molecule has 1 atom stereocenters. The summed E-state index contributed by atoms with van der Waals surface area (Å²) in [6.45, 7) is 4.14. The highest BCUT2D eigenvalue weighted by Crippen LogP contribution is 2.19. The zero-order chi connectivity index (χ0) is 10.6. The lowest BCUT2D eigenvalue weighted by Crippen LogP contribution is -2.05. The summed E-state index contributed by atoms with van der Waals surface area (Å²) >= 11 is 3.97. The average Bonchev–Trinajstić information content (AvgIpc) is 2.18. The summed E-state index contributed by atoms with van der Waals surface area (Å²) in [5.41, 5.74) is 2.48. The van der Waals surface area contributed by atoms with Crippen molar-refractivity contribution in [1.82, 2.24) is 0 Å². The van der Waals surface area contributed by atoms with Crippen LogP contribution in [0.3, 0.4) is 0 Å². The van der Waals surface area contributed by atoms with E-state index in [1.807, 2.05) is 0 Å². The maximum atomic E-state index is 11.2. The van der Waals surface area contributed by atoms with Gasteiger partial charge >= 0.3 is 0 Å². The zero-order valence-electron chi connectivity index (χ0n) is 8.66. The van der Waals surface area contributed by atoms with Crippen LogP contribution in [-0.2, 0) is 4.79 Å². The number of thiol groups is 1. The minimum atomic E-state index is 0.210. The van der Waals surface area contributed by atoms with Crippen molar-refractivity contribution < 1.29 is 4.79 Å². The Bertz CT molecular complexity index is 303. The molecule has 14 heavy (non-hydrogen) atoms. The summed E-state index contributed by atoms with van der Waals surface area (Å²) in [6, 6.07) is 8.34. The molecule has 0 aliphatic heterocycles. The second kappa shape index (κ2) is 5.20. The van der Waals surface area contributed by atoms with Crippen LogP contribution in [0.15, 0.2) is 24.3 Å². The molecule has 0 heterocycles. The molecule has 0 fully saturated rings. The summed E-state index contributed by atoms with van der Waals surface area (Å²) in [5, 5.41) is 0. The smallest absolute Gasteiger partial charge is 0.143 e. The fourth-order valence-electron chi connectivity index (χ4n) is 1.42. The Morgan fingerprint density at radius 1 is 1.36 bits per heavy atom. The first-order valence-electron chi connectivity index (χ1n) is 4.82. The van der Waals surface area contributed by atoms with Gasteiger partial charge in [0.2, 0.25) is 0 Å². The summed E-state index contributed by atoms with van der Waals surface area (Å²) in [7, 11) is 0. The van der Waals surface area contributed by atoms with Gasteiger partial charge in [-0.3, -0.25) is 4.79 Å². The van der Waals surface area contributed by atoms with Gasteiger partial charge in [-0.1, -0.05) is 36.8 Å². The minimum Gasteiger partial charge on any atom is -0.299 e. The van der Waals surface area contributed by atoms with Crippen LogP contribution in [0.4, 0.5) is 0 Å². The molecule has 1 aromatic rings. The van der Waals surface area contributed by atoms with Gasteiger partial charge in [-0.15, -0.1) is 0 Å². The van der Waals surface area contributed by atoms with Crippen LogP contribution in [0.25, 0.3) is 0 Å². The molecule has 0 aliphatic rings. The van der Waals surface area contributed by atoms with Crippen LogP contribution < -0.4 is 0 Å². The largest absolute Gasteiger partial charge is 0.299 e. The summed E-state index contributed by atoms with van der Waals surface area (Å²) in [6.07, 6.45) is 0.590. The fraction of sp³-hybridized carbons (Fsp3) is 0.417. The van der Waals surface area contributed by atoms with E-state index in [0.29, 0.717) is 18.1 Å². The highest BCUT2D eigenvalue weighted by atomic mass is 32.1. The molecule has 0 bridgehead atoms. The molecule has 0 saturated carbocycles. The van der Waals surface area contributed by atoms with E-state index in [1.54, 1.807) is 0 Å². The number of hydrogen-bond acceptors (Lipinski definition) is 2. The van der Waals surface area contributed by atoms with E-state index in [2.05, 4.69) is 50.7 Å². The number of aryl methyl sites for hydroxylation is 1. The third kappa shape index (κ3) is 3.18. The molecule has 0 N–H and O–H groups in total. The van der Waals surface area contributed by atoms with Crippen LogP contribution in [0.1, 0.15) is 30.4 Å². The third-order valence-corrected chi connectivity index (χ3v) is 2.71. The summed E-state index contributed by atoms with van der Waals surface area (Å²) in [5.74, 6) is 0.854. The first-order chi connectivity index (χ1) is 6.63. The van der Waals surface area contributed by atoms with Crippen LogP contribution in [-0.4, -0.2) is 11.5 Å². The molecule has 76 valence electrons. The van der Waals surface area contributed by atoms with E-state index < -0.39 is 0 Å². The Kier molecular flexibility index (Phi) is 4.21. The topological polar surface area (TPSA) is 17.1 Å². The number of benzene rings is 1.